The lowest BCUT2D eigenvalue weighted by atomic mass is 10.00. The predicted octanol–water partition coefficient (Wildman–Crippen LogP) is 18.7. The molecule has 8 aliphatic heterocycles. The Morgan fingerprint density at radius 1 is 0.221 bits per heavy atom. The molecule has 8 aromatic heterocycles. The molecule has 0 bridgehead atoms. The summed E-state index contributed by atoms with van der Waals surface area (Å²) in [4.78, 5) is 52.6. The van der Waals surface area contributed by atoms with Crippen LogP contribution in [0, 0.1) is 0 Å². The van der Waals surface area contributed by atoms with Crippen molar-refractivity contribution in [3.8, 4) is 0 Å². The third kappa shape index (κ3) is 33.6. The molecule has 8 aromatic rings. The van der Waals surface area contributed by atoms with E-state index in [1.165, 1.54) is 22.7 Å². The average molecular weight is 1890 g/mol. The van der Waals surface area contributed by atoms with E-state index in [1.807, 2.05) is 92.9 Å². The molecule has 8 saturated heterocycles. The van der Waals surface area contributed by atoms with Crippen molar-refractivity contribution in [2.45, 2.75) is 361 Å². The van der Waals surface area contributed by atoms with Gasteiger partial charge in [0, 0.05) is 122 Å². The molecule has 16 atom stereocenters. The van der Waals surface area contributed by atoms with Crippen molar-refractivity contribution in [2.24, 2.45) is 0 Å². The van der Waals surface area contributed by atoms with Crippen LogP contribution in [0.4, 0.5) is 63.1 Å². The van der Waals surface area contributed by atoms with Gasteiger partial charge in [-0.05, 0) is 249 Å². The third-order valence-electron chi connectivity index (χ3n) is 27.1. The van der Waals surface area contributed by atoms with Gasteiger partial charge < -0.3 is 80.1 Å². The Morgan fingerprint density at radius 2 is 0.368 bits per heavy atom. The fraction of sp³-hybridized carbons (Fsp3) is 0.630. The number of aromatic nitrogens is 8. The van der Waals surface area contributed by atoms with Gasteiger partial charge in [0.05, 0.1) is 170 Å². The molecular formula is C108H164F4N16O8. The zero-order chi connectivity index (χ0) is 99.3. The zero-order valence-corrected chi connectivity index (χ0v) is 84.9. The molecule has 0 aliphatic carbocycles. The summed E-state index contributed by atoms with van der Waals surface area (Å²) in [6, 6.07) is 34.5. The lowest BCUT2D eigenvalue weighted by Crippen LogP contribution is -2.44. The SMILES string of the molecule is CC(C)c1ccc(N2CCC(O)C(F)C2)cn1.CC(C)c1ccc(N2CCC(O)C[C@@H]2C)cn1.CC(C)c1ccc(N2CC[C@@H](O)C[C@H]2C)cn1.CC(C)c1ccc(N2CC[C@@H](O)[C@@H](F)C2)cn1.CC(C)c1ccc(N2CC[C@@H](O)[C@H](F)C2)cn1.CC(C)c1ccc(N2CC[C@H](O)C[C@@H]2C)cn1.CC(C)c1ccc(N2CC[C@H](O)C[C@H]2C)cn1.CC(C)c1ccc(N2CC[C@H](O)[C@H](F)C2)cn1. The standard InChI is InChI=1S/4C14H22N2O.4C13H19FN2O/c4*1-10(2)14-5-4-12(9-15-14)16-7-6-13(17)8-11(16)3;4*1-9(2)12-4-3-10(7-15-12)16-6-5-13(17)11(14)8-16/h4*4-5,9-11,13,17H,6-8H2,1-3H3;4*3-4,7,9,11,13,17H,5-6,8H2,1-2H3/t11-,13?;11-,13+;2*11-,13-;2*11-,13+;11-,13-;/m0110101./s1. The van der Waals surface area contributed by atoms with Crippen molar-refractivity contribution < 1.29 is 58.4 Å². The molecule has 16 heterocycles. The van der Waals surface area contributed by atoms with Gasteiger partial charge in [0.1, 0.15) is 24.7 Å². The van der Waals surface area contributed by atoms with Gasteiger partial charge in [-0.25, -0.2) is 17.6 Å². The summed E-state index contributed by atoms with van der Waals surface area (Å²) in [5.41, 5.74) is 17.2. The minimum absolute atomic E-state index is 0.135. The molecule has 0 amide bonds. The second-order valence-corrected chi connectivity index (χ2v) is 40.9. The monoisotopic (exact) mass is 1890 g/mol. The van der Waals surface area contributed by atoms with Gasteiger partial charge in [-0.15, -0.1) is 0 Å². The first kappa shape index (κ1) is 111. The topological polar surface area (TPSA) is 291 Å². The summed E-state index contributed by atoms with van der Waals surface area (Å²) in [6.07, 6.45) is 15.4. The van der Waals surface area contributed by atoms with Crippen molar-refractivity contribution in [1.29, 1.82) is 0 Å². The highest BCUT2D eigenvalue weighted by Crippen LogP contribution is 2.34. The van der Waals surface area contributed by atoms with Crippen LogP contribution in [-0.2, 0) is 0 Å². The predicted molar refractivity (Wildman–Crippen MR) is 546 cm³/mol. The largest absolute Gasteiger partial charge is 0.393 e. The van der Waals surface area contributed by atoms with Crippen LogP contribution in [0.15, 0.2) is 147 Å². The molecule has 0 aromatic carbocycles. The summed E-state index contributed by atoms with van der Waals surface area (Å²) in [5, 5.41) is 75.8. The van der Waals surface area contributed by atoms with Gasteiger partial charge in [0.15, 0.2) is 0 Å². The van der Waals surface area contributed by atoms with E-state index < -0.39 is 49.1 Å². The van der Waals surface area contributed by atoms with Crippen molar-refractivity contribution in [3.05, 3.63) is 192 Å². The highest BCUT2D eigenvalue weighted by atomic mass is 19.1. The Hall–Kier alpha value is -9.00. The van der Waals surface area contributed by atoms with E-state index in [9.17, 15) is 58.4 Å². The van der Waals surface area contributed by atoms with Gasteiger partial charge in [-0.1, -0.05) is 111 Å². The lowest BCUT2D eigenvalue weighted by Gasteiger charge is -2.37. The van der Waals surface area contributed by atoms with Crippen LogP contribution in [0.2, 0.25) is 0 Å². The van der Waals surface area contributed by atoms with E-state index in [4.69, 9.17) is 0 Å². The molecule has 28 heteroatoms. The molecule has 0 saturated carbocycles. The van der Waals surface area contributed by atoms with E-state index in [-0.39, 0.29) is 50.6 Å². The second-order valence-electron chi connectivity index (χ2n) is 40.9. The molecular weight excluding hydrogens is 1730 g/mol. The quantitative estimate of drug-likeness (QED) is 0.0417. The summed E-state index contributed by atoms with van der Waals surface area (Å²) in [7, 11) is 0. The molecule has 8 aliphatic rings. The van der Waals surface area contributed by atoms with Crippen molar-refractivity contribution >= 4 is 45.5 Å². The minimum atomic E-state index is -1.16. The normalized spacial score (nSPS) is 25.4. The summed E-state index contributed by atoms with van der Waals surface area (Å²) >= 11 is 0. The van der Waals surface area contributed by atoms with Crippen LogP contribution in [0.25, 0.3) is 0 Å². The van der Waals surface area contributed by atoms with Crippen molar-refractivity contribution in [2.75, 3.05) is 118 Å². The van der Waals surface area contributed by atoms with Crippen LogP contribution < -0.4 is 39.2 Å². The van der Waals surface area contributed by atoms with E-state index in [0.29, 0.717) is 123 Å². The Balaban J connectivity index is 0.000000174. The van der Waals surface area contributed by atoms with Crippen LogP contribution >= 0.6 is 0 Å². The number of hydrogen-bond acceptors (Lipinski definition) is 24. The van der Waals surface area contributed by atoms with E-state index in [0.717, 1.165) is 146 Å². The first-order valence-corrected chi connectivity index (χ1v) is 50.4. The second kappa shape index (κ2) is 54.0. The molecule has 3 unspecified atom stereocenters. The molecule has 752 valence electrons. The molecule has 0 spiro atoms. The summed E-state index contributed by atoms with van der Waals surface area (Å²) < 4.78 is 53.6. The molecule has 0 radical (unpaired) electrons. The first-order chi connectivity index (χ1) is 64.6. The van der Waals surface area contributed by atoms with Gasteiger partial charge in [0.25, 0.3) is 0 Å². The molecule has 136 heavy (non-hydrogen) atoms. The van der Waals surface area contributed by atoms with Gasteiger partial charge in [0.2, 0.25) is 0 Å². The highest BCUT2D eigenvalue weighted by molar-refractivity contribution is 5.52. The van der Waals surface area contributed by atoms with E-state index >= 15 is 0 Å². The Bertz CT molecular complexity index is 4090. The number of pyridine rings is 8. The van der Waals surface area contributed by atoms with E-state index in [2.05, 4.69) is 246 Å². The van der Waals surface area contributed by atoms with E-state index in [1.54, 1.807) is 24.8 Å². The van der Waals surface area contributed by atoms with Crippen LogP contribution in [0.5, 0.6) is 0 Å². The smallest absolute Gasteiger partial charge is 0.143 e. The summed E-state index contributed by atoms with van der Waals surface area (Å²) in [6.45, 7) is 50.1. The zero-order valence-electron chi connectivity index (χ0n) is 84.9. The number of alkyl halides is 4. The maximum absolute atomic E-state index is 13.4. The Labute approximate surface area is 809 Å². The third-order valence-corrected chi connectivity index (χ3v) is 27.1. The molecule has 24 nitrogen and oxygen atoms in total. The van der Waals surface area contributed by atoms with Crippen molar-refractivity contribution in [1.82, 2.24) is 39.9 Å². The van der Waals surface area contributed by atoms with Gasteiger partial charge in [-0.2, -0.15) is 0 Å². The fourth-order valence-corrected chi connectivity index (χ4v) is 18.0. The minimum Gasteiger partial charge on any atom is -0.393 e. The number of nitrogens with zero attached hydrogens (tertiary/aromatic N) is 16. The number of piperidine rings is 8. The number of hydrogen-bond donors (Lipinski definition) is 8. The maximum atomic E-state index is 13.4. The van der Waals surface area contributed by atoms with Crippen LogP contribution in [0.1, 0.15) is 308 Å². The maximum Gasteiger partial charge on any atom is 0.143 e. The van der Waals surface area contributed by atoms with Gasteiger partial charge in [-0.3, -0.25) is 39.9 Å². The average Bonchev–Trinajstić information content (AvgIpc) is 0.831. The number of anilines is 8. The Morgan fingerprint density at radius 3 is 0.485 bits per heavy atom. The molecule has 8 fully saturated rings. The van der Waals surface area contributed by atoms with Crippen molar-refractivity contribution in [3.63, 3.8) is 0 Å². The van der Waals surface area contributed by atoms with Crippen LogP contribution in [0.3, 0.4) is 0 Å². The van der Waals surface area contributed by atoms with Gasteiger partial charge >= 0.3 is 0 Å². The van der Waals surface area contributed by atoms with Crippen LogP contribution in [-0.4, -0.2) is 257 Å². The highest BCUT2D eigenvalue weighted by Gasteiger charge is 2.34. The Kier molecular flexibility index (Phi) is 43.9. The molecule has 16 rings (SSSR count). The number of halogens is 4. The number of rotatable bonds is 16. The lowest BCUT2D eigenvalue weighted by molar-refractivity contribution is 0.0615. The number of aliphatic hydroxyl groups is 8. The fourth-order valence-electron chi connectivity index (χ4n) is 18.0. The summed E-state index contributed by atoms with van der Waals surface area (Å²) in [5.74, 6) is 3.52. The molecule has 8 N–H and O–H groups in total. The number of aliphatic hydroxyl groups excluding tert-OH is 8. The first-order valence-electron chi connectivity index (χ1n) is 50.4.